The highest BCUT2D eigenvalue weighted by atomic mass is 16.1. The van der Waals surface area contributed by atoms with Gasteiger partial charge in [-0.1, -0.05) is 328 Å². The molecule has 3 heterocycles. The lowest BCUT2D eigenvalue weighted by Gasteiger charge is -2.15. The fourth-order valence-corrected chi connectivity index (χ4v) is 13.9. The van der Waals surface area contributed by atoms with Gasteiger partial charge in [-0.05, 0) is 136 Å². The number of carbonyl (C=O) groups is 1. The smallest absolute Gasteiger partial charge is 0.193 e. The number of rotatable bonds is 19. The topological polar surface area (TPSA) is 144 Å². The molecule has 0 bridgehead atoms. The van der Waals surface area contributed by atoms with Crippen LogP contribution in [-0.2, 0) is 0 Å². The molecule has 536 valence electrons. The van der Waals surface area contributed by atoms with Crippen LogP contribution in [0.15, 0.2) is 408 Å². The Labute approximate surface area is 656 Å². The molecule has 2 aromatic heterocycles. The van der Waals surface area contributed by atoms with Gasteiger partial charge in [-0.25, -0.2) is 49.9 Å². The highest BCUT2D eigenvalue weighted by Crippen LogP contribution is 2.38. The Hall–Kier alpha value is -15.1. The van der Waals surface area contributed by atoms with Gasteiger partial charge >= 0.3 is 0 Å². The zero-order valence-electron chi connectivity index (χ0n) is 62.0. The predicted molar refractivity (Wildman–Crippen MR) is 461 cm³/mol. The molecule has 113 heavy (non-hydrogen) atoms. The van der Waals surface area contributed by atoms with Crippen LogP contribution in [0.3, 0.4) is 0 Å². The van der Waals surface area contributed by atoms with Crippen molar-refractivity contribution >= 4 is 40.3 Å². The monoisotopic (exact) mass is 1450 g/mol. The molecule has 0 N–H and O–H groups in total. The van der Waals surface area contributed by atoms with Crippen molar-refractivity contribution in [3.8, 4) is 113 Å². The molecule has 11 heteroatoms. The Kier molecular flexibility index (Phi) is 20.6. The van der Waals surface area contributed by atoms with Gasteiger partial charge in [0.2, 0.25) is 0 Å². The number of amidine groups is 2. The van der Waals surface area contributed by atoms with E-state index in [1.807, 2.05) is 293 Å². The third kappa shape index (κ3) is 16.2. The van der Waals surface area contributed by atoms with Crippen LogP contribution in [0.4, 0.5) is 0 Å². The molecule has 0 amide bonds. The summed E-state index contributed by atoms with van der Waals surface area (Å²) in [6.45, 7) is 4.02. The van der Waals surface area contributed by atoms with Gasteiger partial charge in [0.15, 0.2) is 52.4 Å². The normalized spacial score (nSPS) is 12.5. The van der Waals surface area contributed by atoms with Crippen molar-refractivity contribution in [3.05, 3.63) is 433 Å². The van der Waals surface area contributed by atoms with Crippen molar-refractivity contribution in [1.82, 2.24) is 29.9 Å². The number of nitrogens with zero attached hydrogens (tertiary/aromatic N) is 10. The van der Waals surface area contributed by atoms with Crippen molar-refractivity contribution in [3.63, 3.8) is 0 Å². The molecule has 0 fully saturated rings. The maximum Gasteiger partial charge on any atom is 0.193 e. The number of ketones is 1. The van der Waals surface area contributed by atoms with Crippen LogP contribution in [0, 0.1) is 0 Å². The zero-order chi connectivity index (χ0) is 76.2. The maximum atomic E-state index is 16.6. The number of allylic oxidation sites excluding steroid dienone is 2. The summed E-state index contributed by atoms with van der Waals surface area (Å²) >= 11 is 0. The first kappa shape index (κ1) is 70.9. The van der Waals surface area contributed by atoms with Crippen LogP contribution < -0.4 is 0 Å². The van der Waals surface area contributed by atoms with E-state index in [4.69, 9.17) is 49.9 Å². The second kappa shape index (κ2) is 32.8. The molecule has 0 aliphatic carbocycles. The minimum atomic E-state index is -0.195. The second-order valence-electron chi connectivity index (χ2n) is 27.4. The van der Waals surface area contributed by atoms with Gasteiger partial charge < -0.3 is 0 Å². The first-order valence-corrected chi connectivity index (χ1v) is 37.6. The summed E-state index contributed by atoms with van der Waals surface area (Å²) in [6, 6.07) is 126. The predicted octanol–water partition coefficient (Wildman–Crippen LogP) is 24.0. The highest BCUT2D eigenvalue weighted by Gasteiger charge is 2.22. The Balaban J connectivity index is 0.828. The molecule has 0 atom stereocenters. The van der Waals surface area contributed by atoms with E-state index < -0.39 is 0 Å². The van der Waals surface area contributed by atoms with E-state index >= 15 is 4.79 Å². The standard InChI is InChI=1S/C102H72N10O/c1-3-91(69-32-12-4-13-33-69)104-95(71-36-16-6-17-37-71)103-68(2)77-48-28-49-78(58-77)85-62-86(79-50-29-53-82(59-79)93-57-56-92(70-34-14-5-15-35-70)105-96(106-93)72-38-18-7-19-39-72)65-89(64-85)94(113)90-66-87(80-51-30-54-83(60-80)101-109-97(73-40-20-8-21-41-73)107-98(110-101)74-42-22-9-23-43-74)63-88(67-90)81-52-31-55-84(61-81)102-111-99(75-44-24-10-25-45-75)108-100(112-102)76-46-26-11-27-47-76/h3-55,57-67H,56H2,1-2H3/b91-3+,103-68?,104-95?. The Bertz CT molecular complexity index is 6080. The molecule has 11 nitrogen and oxygen atoms in total. The van der Waals surface area contributed by atoms with Crippen LogP contribution in [0.2, 0.25) is 0 Å². The number of hydrogen-bond donors (Lipinski definition) is 0. The number of benzene rings is 14. The molecule has 0 radical (unpaired) electrons. The molecule has 0 unspecified atom stereocenters. The van der Waals surface area contributed by atoms with Crippen LogP contribution in [0.25, 0.3) is 124 Å². The number of aromatic nitrogens is 6. The zero-order valence-corrected chi connectivity index (χ0v) is 62.0. The molecular formula is C102H72N10O. The lowest BCUT2D eigenvalue weighted by molar-refractivity contribution is 0.103. The molecule has 14 aromatic carbocycles. The molecule has 0 saturated heterocycles. The summed E-state index contributed by atoms with van der Waals surface area (Å²) in [5.41, 5.74) is 21.4. The summed E-state index contributed by atoms with van der Waals surface area (Å²) in [6.07, 6.45) is 4.73. The van der Waals surface area contributed by atoms with Crippen molar-refractivity contribution in [1.29, 1.82) is 0 Å². The van der Waals surface area contributed by atoms with Gasteiger partial charge in [-0.2, -0.15) is 0 Å². The summed E-state index contributed by atoms with van der Waals surface area (Å²) in [4.78, 5) is 68.4. The van der Waals surface area contributed by atoms with Gasteiger partial charge in [0.1, 0.15) is 0 Å². The van der Waals surface area contributed by atoms with Crippen molar-refractivity contribution in [2.75, 3.05) is 0 Å². The summed E-state index contributed by atoms with van der Waals surface area (Å²) in [7, 11) is 0. The SMILES string of the molecule is C/C=C(/N=C(N=C(C)c1cccc(-c2cc(C(=O)c3cc(-c4cccc(-c5nc(-c6ccccc6)nc(-c6ccccc6)n5)c4)cc(-c4cccc(-c5nc(-c6ccccc6)nc(-c6ccccc6)n5)c4)c3)cc(-c3cccc(C4=CCC(c5ccccc5)=NC(c5ccccc5)=N4)c3)c2)c1)c1ccccc1)c1ccccc1. The van der Waals surface area contributed by atoms with Crippen LogP contribution >= 0.6 is 0 Å². The van der Waals surface area contributed by atoms with E-state index in [2.05, 4.69) is 109 Å². The maximum absolute atomic E-state index is 16.6. The first-order chi connectivity index (χ1) is 55.7. The van der Waals surface area contributed by atoms with Crippen LogP contribution in [-0.4, -0.2) is 58.8 Å². The Morgan fingerprint density at radius 2 is 0.575 bits per heavy atom. The van der Waals surface area contributed by atoms with Crippen molar-refractivity contribution in [2.24, 2.45) is 20.0 Å². The molecule has 1 aliphatic heterocycles. The fourth-order valence-electron chi connectivity index (χ4n) is 13.9. The van der Waals surface area contributed by atoms with E-state index in [9.17, 15) is 0 Å². The number of aliphatic imine (C=N–C) groups is 4. The molecule has 0 spiro atoms. The Morgan fingerprint density at radius 1 is 0.274 bits per heavy atom. The van der Waals surface area contributed by atoms with Crippen molar-refractivity contribution in [2.45, 2.75) is 20.3 Å². The average molecular weight is 1450 g/mol. The molecule has 0 saturated carbocycles. The van der Waals surface area contributed by atoms with E-state index in [0.717, 1.165) is 134 Å². The number of carbonyl (C=O) groups excluding carboxylic acids is 1. The first-order valence-electron chi connectivity index (χ1n) is 37.6. The molecule has 17 rings (SSSR count). The van der Waals surface area contributed by atoms with E-state index in [1.54, 1.807) is 0 Å². The minimum Gasteiger partial charge on any atom is -0.289 e. The summed E-state index contributed by atoms with van der Waals surface area (Å²) in [5.74, 6) is 4.19. The van der Waals surface area contributed by atoms with Crippen molar-refractivity contribution < 1.29 is 4.79 Å². The largest absolute Gasteiger partial charge is 0.289 e. The molecular weight excluding hydrogens is 1380 g/mol. The molecule has 16 aromatic rings. The lowest BCUT2D eigenvalue weighted by atomic mass is 9.89. The van der Waals surface area contributed by atoms with Crippen LogP contribution in [0.5, 0.6) is 0 Å². The van der Waals surface area contributed by atoms with Gasteiger partial charge in [0, 0.05) is 73.3 Å². The average Bonchev–Trinajstić information content (AvgIpc) is 0.948. The third-order valence-corrected chi connectivity index (χ3v) is 19.8. The van der Waals surface area contributed by atoms with E-state index in [-0.39, 0.29) is 5.78 Å². The third-order valence-electron chi connectivity index (χ3n) is 19.8. The highest BCUT2D eigenvalue weighted by molar-refractivity contribution is 6.16. The van der Waals surface area contributed by atoms with E-state index in [1.165, 1.54) is 0 Å². The van der Waals surface area contributed by atoms with E-state index in [0.29, 0.717) is 64.2 Å². The van der Waals surface area contributed by atoms with Gasteiger partial charge in [-0.15, -0.1) is 0 Å². The quantitative estimate of drug-likeness (QED) is 0.0445. The van der Waals surface area contributed by atoms with Gasteiger partial charge in [0.25, 0.3) is 0 Å². The second-order valence-corrected chi connectivity index (χ2v) is 27.4. The van der Waals surface area contributed by atoms with Gasteiger partial charge in [0.05, 0.1) is 17.1 Å². The lowest BCUT2D eigenvalue weighted by Crippen LogP contribution is -2.05. The van der Waals surface area contributed by atoms with Crippen LogP contribution in [0.1, 0.15) is 69.6 Å². The fraction of sp³-hybridized carbons (Fsp3) is 0.0294. The summed E-state index contributed by atoms with van der Waals surface area (Å²) < 4.78 is 0. The Morgan fingerprint density at radius 3 is 0.991 bits per heavy atom. The number of hydrogen-bond acceptors (Lipinski definition) is 10. The summed E-state index contributed by atoms with van der Waals surface area (Å²) in [5, 5.41) is 0. The molecule has 1 aliphatic rings. The minimum absolute atomic E-state index is 0.195. The van der Waals surface area contributed by atoms with Gasteiger partial charge in [-0.3, -0.25) is 4.79 Å².